The summed E-state index contributed by atoms with van der Waals surface area (Å²) in [5, 5.41) is 10.3. The molecule has 0 aliphatic heterocycles. The Morgan fingerprint density at radius 2 is 0.873 bits per heavy atom. The molecule has 10 aromatic rings. The molecular weight excluding hydrogens is 661 g/mol. The summed E-state index contributed by atoms with van der Waals surface area (Å²) in [5.74, 6) is 0. The van der Waals surface area contributed by atoms with Crippen LogP contribution in [0, 0.1) is 0 Å². The van der Waals surface area contributed by atoms with Crippen molar-refractivity contribution in [3.05, 3.63) is 205 Å². The second-order valence-corrected chi connectivity index (χ2v) is 15.6. The molecule has 0 spiro atoms. The van der Waals surface area contributed by atoms with Crippen molar-refractivity contribution in [1.82, 2.24) is 0 Å². The number of hydrogen-bond acceptors (Lipinski definition) is 0. The van der Waals surface area contributed by atoms with Gasteiger partial charge in [0.1, 0.15) is 0 Å². The first-order valence-electron chi connectivity index (χ1n) is 19.3. The Kier molecular flexibility index (Phi) is 7.00. The summed E-state index contributed by atoms with van der Waals surface area (Å²) in [4.78, 5) is 0. The van der Waals surface area contributed by atoms with Crippen molar-refractivity contribution in [3.8, 4) is 55.6 Å². The molecule has 0 nitrogen and oxygen atoms in total. The van der Waals surface area contributed by atoms with Gasteiger partial charge in [0.2, 0.25) is 0 Å². The molecule has 0 unspecified atom stereocenters. The minimum atomic E-state index is -0.0390. The van der Waals surface area contributed by atoms with Gasteiger partial charge in [-0.25, -0.2) is 0 Å². The van der Waals surface area contributed by atoms with E-state index in [-0.39, 0.29) is 5.41 Å². The van der Waals surface area contributed by atoms with E-state index in [2.05, 4.69) is 208 Å². The van der Waals surface area contributed by atoms with E-state index < -0.39 is 0 Å². The summed E-state index contributed by atoms with van der Waals surface area (Å²) in [6, 6.07) is 72.1. The summed E-state index contributed by atoms with van der Waals surface area (Å²) >= 11 is 0. The van der Waals surface area contributed by atoms with Crippen molar-refractivity contribution < 1.29 is 0 Å². The minimum Gasteiger partial charge on any atom is -0.0622 e. The Balaban J connectivity index is 1.06. The molecule has 11 rings (SSSR count). The van der Waals surface area contributed by atoms with Crippen LogP contribution in [-0.2, 0) is 5.41 Å². The fraction of sp³-hybridized carbons (Fsp3) is 0.0545. The van der Waals surface area contributed by atoms with Crippen LogP contribution in [0.15, 0.2) is 194 Å². The molecule has 0 heteroatoms. The summed E-state index contributed by atoms with van der Waals surface area (Å²) in [6.07, 6.45) is 0. The van der Waals surface area contributed by atoms with Gasteiger partial charge in [0.15, 0.2) is 0 Å². The monoisotopic (exact) mass is 698 g/mol. The number of benzene rings is 10. The number of rotatable bonds is 4. The van der Waals surface area contributed by atoms with Gasteiger partial charge in [-0.05, 0) is 128 Å². The van der Waals surface area contributed by atoms with Crippen molar-refractivity contribution >= 4 is 43.1 Å². The Morgan fingerprint density at radius 1 is 0.309 bits per heavy atom. The van der Waals surface area contributed by atoms with E-state index in [9.17, 15) is 0 Å². The SMILES string of the molecule is CC1(C)c2ccccc2-c2ccc3cc(-c4cccc(-c5cccc(-c6c7ccccc7c(-c7ccccc7)c7ccc8ccccc8c67)c5)c4)ccc3c21. The normalized spacial score (nSPS) is 13.1. The Hall–Kier alpha value is -6.76. The standard InChI is InChI=1S/C55H38/c1-55(2)50-25-11-10-22-45(50)48-30-28-41-33-40(27-29-44(41)54(48)55)38-18-12-17-37(32-38)39-19-13-20-42(34-39)52-47-24-9-8-23-46(47)51(36-15-4-3-5-16-36)49-31-26-35-14-6-7-21-43(35)53(49)52/h3-34H,1-2H3. The van der Waals surface area contributed by atoms with Crippen molar-refractivity contribution in [2.45, 2.75) is 19.3 Å². The molecule has 10 aromatic carbocycles. The van der Waals surface area contributed by atoms with E-state index in [0.29, 0.717) is 0 Å². The average molecular weight is 699 g/mol. The van der Waals surface area contributed by atoms with E-state index in [0.717, 1.165) is 0 Å². The molecule has 258 valence electrons. The molecule has 1 aliphatic rings. The maximum Gasteiger partial charge on any atom is 0.0165 e. The minimum absolute atomic E-state index is 0.0390. The summed E-state index contributed by atoms with van der Waals surface area (Å²) in [6.45, 7) is 4.74. The lowest BCUT2D eigenvalue weighted by atomic mass is 9.80. The summed E-state index contributed by atoms with van der Waals surface area (Å²) in [5.41, 5.74) is 15.5. The molecule has 1 aliphatic carbocycles. The molecule has 0 bridgehead atoms. The zero-order valence-electron chi connectivity index (χ0n) is 31.0. The number of hydrogen-bond donors (Lipinski definition) is 0. The lowest BCUT2D eigenvalue weighted by molar-refractivity contribution is 0.666. The molecule has 0 N–H and O–H groups in total. The third-order valence-electron chi connectivity index (χ3n) is 12.2. The second-order valence-electron chi connectivity index (χ2n) is 15.6. The summed E-state index contributed by atoms with van der Waals surface area (Å²) in [7, 11) is 0. The third kappa shape index (κ3) is 4.85. The highest BCUT2D eigenvalue weighted by Gasteiger charge is 2.36. The summed E-state index contributed by atoms with van der Waals surface area (Å²) < 4.78 is 0. The first-order valence-corrected chi connectivity index (χ1v) is 19.3. The molecule has 55 heavy (non-hydrogen) atoms. The third-order valence-corrected chi connectivity index (χ3v) is 12.2. The Morgan fingerprint density at radius 3 is 1.65 bits per heavy atom. The smallest absolute Gasteiger partial charge is 0.0165 e. The largest absolute Gasteiger partial charge is 0.0622 e. The van der Waals surface area contributed by atoms with Gasteiger partial charge in [-0.1, -0.05) is 190 Å². The van der Waals surface area contributed by atoms with Crippen LogP contribution in [0.25, 0.3) is 98.7 Å². The maximum absolute atomic E-state index is 2.40. The van der Waals surface area contributed by atoms with Crippen LogP contribution in [0.4, 0.5) is 0 Å². The molecule has 0 atom stereocenters. The van der Waals surface area contributed by atoms with E-state index in [4.69, 9.17) is 0 Å². The fourth-order valence-electron chi connectivity index (χ4n) is 9.70. The molecule has 0 saturated heterocycles. The second kappa shape index (κ2) is 12.1. The highest BCUT2D eigenvalue weighted by atomic mass is 14.4. The van der Waals surface area contributed by atoms with Gasteiger partial charge in [0, 0.05) is 5.41 Å². The zero-order chi connectivity index (χ0) is 36.7. The van der Waals surface area contributed by atoms with Gasteiger partial charge in [-0.2, -0.15) is 0 Å². The van der Waals surface area contributed by atoms with Gasteiger partial charge < -0.3 is 0 Å². The molecule has 0 amide bonds. The van der Waals surface area contributed by atoms with Crippen molar-refractivity contribution in [3.63, 3.8) is 0 Å². The van der Waals surface area contributed by atoms with Crippen LogP contribution < -0.4 is 0 Å². The Labute approximate surface area is 322 Å². The van der Waals surface area contributed by atoms with Crippen LogP contribution in [0.3, 0.4) is 0 Å². The maximum atomic E-state index is 2.40. The highest BCUT2D eigenvalue weighted by Crippen LogP contribution is 2.52. The van der Waals surface area contributed by atoms with E-state index in [1.807, 2.05) is 0 Å². The van der Waals surface area contributed by atoms with Crippen LogP contribution >= 0.6 is 0 Å². The van der Waals surface area contributed by atoms with Gasteiger partial charge in [0.25, 0.3) is 0 Å². The van der Waals surface area contributed by atoms with Crippen LogP contribution in [0.5, 0.6) is 0 Å². The molecule has 0 heterocycles. The Bertz CT molecular complexity index is 3160. The average Bonchev–Trinajstić information content (AvgIpc) is 3.49. The first-order chi connectivity index (χ1) is 27.0. The lowest BCUT2D eigenvalue weighted by Crippen LogP contribution is -2.15. The van der Waals surface area contributed by atoms with Gasteiger partial charge in [0.05, 0.1) is 0 Å². The van der Waals surface area contributed by atoms with E-state index in [1.54, 1.807) is 0 Å². The zero-order valence-corrected chi connectivity index (χ0v) is 31.0. The lowest BCUT2D eigenvalue weighted by Gasteiger charge is -2.23. The van der Waals surface area contributed by atoms with Crippen LogP contribution in [0.1, 0.15) is 25.0 Å². The quantitative estimate of drug-likeness (QED) is 0.127. The predicted octanol–water partition coefficient (Wildman–Crippen LogP) is 15.3. The molecule has 0 radical (unpaired) electrons. The van der Waals surface area contributed by atoms with Gasteiger partial charge in [-0.3, -0.25) is 0 Å². The van der Waals surface area contributed by atoms with Crippen molar-refractivity contribution in [1.29, 1.82) is 0 Å². The fourth-order valence-corrected chi connectivity index (χ4v) is 9.70. The van der Waals surface area contributed by atoms with Crippen LogP contribution in [0.2, 0.25) is 0 Å². The highest BCUT2D eigenvalue weighted by molar-refractivity contribution is 6.28. The van der Waals surface area contributed by atoms with Gasteiger partial charge >= 0.3 is 0 Å². The van der Waals surface area contributed by atoms with Crippen LogP contribution in [-0.4, -0.2) is 0 Å². The molecule has 0 fully saturated rings. The van der Waals surface area contributed by atoms with E-state index in [1.165, 1.54) is 110 Å². The molecule has 0 saturated carbocycles. The molecular formula is C55H38. The number of fused-ring (bicyclic) bond motifs is 9. The predicted molar refractivity (Wildman–Crippen MR) is 236 cm³/mol. The topological polar surface area (TPSA) is 0 Å². The van der Waals surface area contributed by atoms with Crippen molar-refractivity contribution in [2.75, 3.05) is 0 Å². The molecule has 0 aromatic heterocycles. The first kappa shape index (κ1) is 31.7. The van der Waals surface area contributed by atoms with Gasteiger partial charge in [-0.15, -0.1) is 0 Å². The van der Waals surface area contributed by atoms with Crippen molar-refractivity contribution in [2.24, 2.45) is 0 Å². The van der Waals surface area contributed by atoms with E-state index >= 15 is 0 Å².